The summed E-state index contributed by atoms with van der Waals surface area (Å²) >= 11 is 0. The smallest absolute Gasteiger partial charge is 0.507 e. The summed E-state index contributed by atoms with van der Waals surface area (Å²) in [5.41, 5.74) is 6.19. The fraction of sp³-hybridized carbons (Fsp3) is 0.250. The monoisotopic (exact) mass is 595 g/mol. The first-order chi connectivity index (χ1) is 17.9. The average molecular weight is 597 g/mol. The number of benzene rings is 4. The molecule has 0 spiro atoms. The maximum absolute atomic E-state index is 10.7. The van der Waals surface area contributed by atoms with Crippen molar-refractivity contribution in [1.29, 1.82) is 0 Å². The van der Waals surface area contributed by atoms with Crippen LogP contribution < -0.4 is 0 Å². The van der Waals surface area contributed by atoms with Gasteiger partial charge in [-0.05, 0) is 28.0 Å². The molecule has 2 nitrogen and oxygen atoms in total. The van der Waals surface area contributed by atoms with Gasteiger partial charge in [-0.15, -0.1) is 24.3 Å². The summed E-state index contributed by atoms with van der Waals surface area (Å²) < 4.78 is 0. The molecule has 1 N–H and O–H groups in total. The standard InChI is InChI=1S/C22H29NO.2C7H7.Zr/c1-21(2,3)18-12-17(20(24)19(13-18)22(4,5)6)15-23-14-16-10-8-7-9-11-16;2*1-7-5-3-2-4-6-7;/h7-13,15,24H,14H2,1-6H3;2*2-6H,1H2;/q;2*-1;+2. The van der Waals surface area contributed by atoms with Crippen LogP contribution in [0.15, 0.2) is 108 Å². The van der Waals surface area contributed by atoms with Gasteiger partial charge in [-0.25, -0.2) is 0 Å². The molecule has 4 rings (SSSR count). The number of aromatic hydroxyl groups is 1. The Morgan fingerprint density at radius 1 is 0.667 bits per heavy atom. The molecule has 3 heteroatoms. The van der Waals surface area contributed by atoms with E-state index >= 15 is 0 Å². The van der Waals surface area contributed by atoms with E-state index in [0.29, 0.717) is 12.3 Å². The van der Waals surface area contributed by atoms with Crippen LogP contribution in [0.1, 0.15) is 74.9 Å². The summed E-state index contributed by atoms with van der Waals surface area (Å²) in [6.45, 7) is 21.0. The summed E-state index contributed by atoms with van der Waals surface area (Å²) in [4.78, 5) is 4.53. The summed E-state index contributed by atoms with van der Waals surface area (Å²) in [5, 5.41) is 10.7. The normalized spacial score (nSPS) is 10.9. The first-order valence-electron chi connectivity index (χ1n) is 13.0. The average Bonchev–Trinajstić information content (AvgIpc) is 2.86. The van der Waals surface area contributed by atoms with E-state index in [0.717, 1.165) is 27.8 Å². The molecule has 202 valence electrons. The van der Waals surface area contributed by atoms with Crippen LogP contribution in [0.25, 0.3) is 0 Å². The van der Waals surface area contributed by atoms with Gasteiger partial charge in [0.05, 0.1) is 6.54 Å². The Kier molecular flexibility index (Phi) is 14.1. The second-order valence-corrected chi connectivity index (χ2v) is 11.4. The van der Waals surface area contributed by atoms with Crippen LogP contribution in [0.2, 0.25) is 0 Å². The Bertz CT molecular complexity index is 1220. The second-order valence-electron chi connectivity index (χ2n) is 11.4. The van der Waals surface area contributed by atoms with E-state index in [1.165, 1.54) is 5.56 Å². The minimum Gasteiger partial charge on any atom is -0.507 e. The van der Waals surface area contributed by atoms with Gasteiger partial charge in [0, 0.05) is 17.3 Å². The molecule has 0 fully saturated rings. The van der Waals surface area contributed by atoms with Gasteiger partial charge in [0.25, 0.3) is 0 Å². The molecule has 0 atom stereocenters. The number of hydrogen-bond acceptors (Lipinski definition) is 2. The van der Waals surface area contributed by atoms with Gasteiger partial charge in [-0.1, -0.05) is 90.1 Å². The third kappa shape index (κ3) is 12.6. The number of phenols is 1. The van der Waals surface area contributed by atoms with E-state index < -0.39 is 0 Å². The Morgan fingerprint density at radius 2 is 1.10 bits per heavy atom. The number of nitrogens with zero attached hydrogens (tertiary/aromatic N) is 1. The molecule has 0 bridgehead atoms. The quantitative estimate of drug-likeness (QED) is 0.185. The van der Waals surface area contributed by atoms with Crippen LogP contribution in [-0.4, -0.2) is 11.3 Å². The van der Waals surface area contributed by atoms with Crippen LogP contribution in [0, 0.1) is 13.8 Å². The maximum atomic E-state index is 10.7. The summed E-state index contributed by atoms with van der Waals surface area (Å²) in [6.07, 6.45) is 1.80. The number of aliphatic imine (C=N–C) groups is 1. The van der Waals surface area contributed by atoms with E-state index in [1.807, 2.05) is 78.9 Å². The Balaban J connectivity index is 0.000000410. The minimum atomic E-state index is -0.118. The fourth-order valence-electron chi connectivity index (χ4n) is 3.55. The van der Waals surface area contributed by atoms with Crippen molar-refractivity contribution < 1.29 is 31.3 Å². The Morgan fingerprint density at radius 3 is 1.46 bits per heavy atom. The third-order valence-electron chi connectivity index (χ3n) is 5.85. The predicted molar refractivity (Wildman–Crippen MR) is 165 cm³/mol. The van der Waals surface area contributed by atoms with E-state index in [1.54, 1.807) is 6.21 Å². The van der Waals surface area contributed by atoms with Crippen molar-refractivity contribution in [3.05, 3.63) is 150 Å². The van der Waals surface area contributed by atoms with Gasteiger partial charge < -0.3 is 5.11 Å². The van der Waals surface area contributed by atoms with Gasteiger partial charge in [0.2, 0.25) is 0 Å². The zero-order chi connectivity index (χ0) is 28.2. The van der Waals surface area contributed by atoms with E-state index in [4.69, 9.17) is 0 Å². The Hall–Kier alpha value is -3.03. The molecular formula is C36H43NOZr. The SMILES string of the molecule is CC(C)(C)c1cc(C=NCc2ccccc2)c(O)c(C(C)(C)C)c1.[CH2-]c1ccccc1.[CH2-]c1ccccc1.[Zr+2]. The van der Waals surface area contributed by atoms with Crippen LogP contribution in [-0.2, 0) is 43.6 Å². The molecule has 0 saturated heterocycles. The van der Waals surface area contributed by atoms with Gasteiger partial charge in [0.1, 0.15) is 5.75 Å². The zero-order valence-electron chi connectivity index (χ0n) is 24.4. The molecule has 4 aromatic carbocycles. The molecular weight excluding hydrogens is 554 g/mol. The molecule has 39 heavy (non-hydrogen) atoms. The molecule has 0 aromatic heterocycles. The molecule has 0 heterocycles. The molecule has 0 saturated carbocycles. The molecule has 0 aliphatic carbocycles. The first-order valence-corrected chi connectivity index (χ1v) is 13.0. The van der Waals surface area contributed by atoms with Gasteiger partial charge >= 0.3 is 26.2 Å². The van der Waals surface area contributed by atoms with Crippen molar-refractivity contribution in [1.82, 2.24) is 0 Å². The number of rotatable bonds is 3. The summed E-state index contributed by atoms with van der Waals surface area (Å²) in [7, 11) is 0. The van der Waals surface area contributed by atoms with Crippen molar-refractivity contribution >= 4 is 6.21 Å². The molecule has 4 aromatic rings. The second kappa shape index (κ2) is 16.2. The molecule has 0 aliphatic rings. The van der Waals surface area contributed by atoms with Crippen molar-refractivity contribution in [3.8, 4) is 5.75 Å². The largest absolute Gasteiger partial charge is 2.00 e. The van der Waals surface area contributed by atoms with Crippen molar-refractivity contribution in [2.24, 2.45) is 4.99 Å². The van der Waals surface area contributed by atoms with Gasteiger partial charge in [0.15, 0.2) is 0 Å². The van der Waals surface area contributed by atoms with Crippen LogP contribution in [0.4, 0.5) is 0 Å². The number of hydrogen-bond donors (Lipinski definition) is 1. The third-order valence-corrected chi connectivity index (χ3v) is 5.85. The Labute approximate surface area is 256 Å². The maximum Gasteiger partial charge on any atom is 2.00 e. The minimum absolute atomic E-state index is 0. The number of phenolic OH excluding ortho intramolecular Hbond substituents is 1. The van der Waals surface area contributed by atoms with Crippen molar-refractivity contribution in [2.45, 2.75) is 58.9 Å². The molecule has 0 aliphatic heterocycles. The molecule has 0 radical (unpaired) electrons. The van der Waals surface area contributed by atoms with E-state index in [-0.39, 0.29) is 37.0 Å². The zero-order valence-corrected chi connectivity index (χ0v) is 26.9. The van der Waals surface area contributed by atoms with Crippen LogP contribution in [0.5, 0.6) is 5.75 Å². The predicted octanol–water partition coefficient (Wildman–Crippen LogP) is 9.34. The van der Waals surface area contributed by atoms with Crippen molar-refractivity contribution in [3.63, 3.8) is 0 Å². The van der Waals surface area contributed by atoms with Crippen LogP contribution in [0.3, 0.4) is 0 Å². The van der Waals surface area contributed by atoms with Crippen molar-refractivity contribution in [2.75, 3.05) is 0 Å². The molecule has 0 unspecified atom stereocenters. The first kappa shape index (κ1) is 34.0. The van der Waals surface area contributed by atoms with E-state index in [2.05, 4.69) is 84.6 Å². The molecule has 0 amide bonds. The van der Waals surface area contributed by atoms with E-state index in [9.17, 15) is 5.11 Å². The fourth-order valence-corrected chi connectivity index (χ4v) is 3.55. The van der Waals surface area contributed by atoms with Gasteiger partial charge in [-0.3, -0.25) is 4.99 Å². The summed E-state index contributed by atoms with van der Waals surface area (Å²) in [5.74, 6) is 0.340. The summed E-state index contributed by atoms with van der Waals surface area (Å²) in [6, 6.07) is 34.1. The van der Waals surface area contributed by atoms with Crippen LogP contribution >= 0.6 is 0 Å². The topological polar surface area (TPSA) is 32.6 Å². The van der Waals surface area contributed by atoms with Gasteiger partial charge in [-0.2, -0.15) is 49.2 Å².